The highest BCUT2D eigenvalue weighted by atomic mass is 16.6. The van der Waals surface area contributed by atoms with Crippen LogP contribution in [0.1, 0.15) is 55.2 Å². The fraction of sp³-hybridized carbons (Fsp3) is 0.400. The van der Waals surface area contributed by atoms with Crippen LogP contribution in [-0.4, -0.2) is 50.0 Å². The average Bonchev–Trinajstić information content (AvgIpc) is 2.82. The summed E-state index contributed by atoms with van der Waals surface area (Å²) in [5.41, 5.74) is 1.80. The maximum Gasteiger partial charge on any atom is 0.634 e. The molecule has 1 atom stereocenters. The summed E-state index contributed by atoms with van der Waals surface area (Å²) >= 11 is 0. The number of quaternary nitrogens is 1. The standard InChI is InChI=1S/C26H29BO3.C4H12N/c28-27(29)30-26(24-18-10-5-11-19-24)21-13-2-1-12-20-25(26,22-14-6-3-7-15-22)23-16-8-4-9-17-23;1-5(2,3)4/h3-11,14-19,28-29H,1-2,12-13,20-21H2;1-4H3/q;+1. The van der Waals surface area contributed by atoms with Crippen molar-refractivity contribution in [2.75, 3.05) is 28.2 Å². The molecule has 5 heteroatoms. The molecular weight excluding hydrogens is 433 g/mol. The molecule has 0 amide bonds. The van der Waals surface area contributed by atoms with Gasteiger partial charge in [0.15, 0.2) is 0 Å². The average molecular weight is 474 g/mol. The van der Waals surface area contributed by atoms with Crippen molar-refractivity contribution >= 4 is 7.32 Å². The molecule has 0 spiro atoms. The Morgan fingerprint density at radius 3 is 1.37 bits per heavy atom. The fourth-order valence-electron chi connectivity index (χ4n) is 5.41. The largest absolute Gasteiger partial charge is 0.634 e. The molecule has 1 unspecified atom stereocenters. The molecule has 35 heavy (non-hydrogen) atoms. The van der Waals surface area contributed by atoms with Crippen LogP contribution in [-0.2, 0) is 15.7 Å². The fourth-order valence-corrected chi connectivity index (χ4v) is 5.41. The lowest BCUT2D eigenvalue weighted by Crippen LogP contribution is -2.55. The minimum Gasteiger partial charge on any atom is -0.402 e. The topological polar surface area (TPSA) is 49.7 Å². The molecule has 0 heterocycles. The molecule has 1 saturated carbocycles. The van der Waals surface area contributed by atoms with Crippen molar-refractivity contribution < 1.29 is 19.2 Å². The maximum atomic E-state index is 10.2. The molecule has 0 aliphatic heterocycles. The number of rotatable bonds is 5. The van der Waals surface area contributed by atoms with E-state index < -0.39 is 18.3 Å². The third kappa shape index (κ3) is 6.62. The summed E-state index contributed by atoms with van der Waals surface area (Å²) in [6.07, 6.45) is 5.85. The van der Waals surface area contributed by atoms with Gasteiger partial charge in [-0.3, -0.25) is 0 Å². The Kier molecular flexibility index (Phi) is 9.31. The van der Waals surface area contributed by atoms with Gasteiger partial charge in [0.05, 0.1) is 39.2 Å². The van der Waals surface area contributed by atoms with Crippen LogP contribution in [0.25, 0.3) is 0 Å². The molecule has 3 aromatic carbocycles. The summed E-state index contributed by atoms with van der Waals surface area (Å²) in [5.74, 6) is 0. The predicted molar refractivity (Wildman–Crippen MR) is 145 cm³/mol. The Bertz CT molecular complexity index is 961. The zero-order valence-electron chi connectivity index (χ0n) is 21.7. The van der Waals surface area contributed by atoms with Crippen LogP contribution in [0.2, 0.25) is 0 Å². The van der Waals surface area contributed by atoms with Crippen molar-refractivity contribution in [1.82, 2.24) is 0 Å². The SMILES string of the molecule is C[N+](C)(C)C.OB(O)OC1(c2ccccc2)CCCCCCC1(c1ccccc1)c1ccccc1. The van der Waals surface area contributed by atoms with Crippen molar-refractivity contribution in [2.24, 2.45) is 0 Å². The maximum absolute atomic E-state index is 10.2. The Balaban J connectivity index is 0.000000623. The lowest BCUT2D eigenvalue weighted by molar-refractivity contribution is -0.849. The summed E-state index contributed by atoms with van der Waals surface area (Å²) in [7, 11) is 6.64. The van der Waals surface area contributed by atoms with Gasteiger partial charge in [-0.05, 0) is 29.5 Å². The predicted octanol–water partition coefficient (Wildman–Crippen LogP) is 5.53. The third-order valence-corrected chi connectivity index (χ3v) is 6.60. The molecule has 0 bridgehead atoms. The first-order valence-electron chi connectivity index (χ1n) is 12.7. The summed E-state index contributed by atoms with van der Waals surface area (Å²) in [4.78, 5) is 0. The number of benzene rings is 3. The molecule has 4 rings (SSSR count). The molecule has 186 valence electrons. The third-order valence-electron chi connectivity index (χ3n) is 6.60. The van der Waals surface area contributed by atoms with Crippen LogP contribution in [0.3, 0.4) is 0 Å². The quantitative estimate of drug-likeness (QED) is 0.378. The van der Waals surface area contributed by atoms with E-state index in [4.69, 9.17) is 4.65 Å². The molecule has 0 saturated heterocycles. The number of nitrogens with zero attached hydrogens (tertiary/aromatic N) is 1. The molecule has 1 fully saturated rings. The van der Waals surface area contributed by atoms with Gasteiger partial charge in [-0.2, -0.15) is 0 Å². The second-order valence-electron chi connectivity index (χ2n) is 10.9. The van der Waals surface area contributed by atoms with Crippen LogP contribution in [0.5, 0.6) is 0 Å². The first-order valence-corrected chi connectivity index (χ1v) is 12.7. The Hall–Kier alpha value is -2.44. The Morgan fingerprint density at radius 1 is 0.600 bits per heavy atom. The highest BCUT2D eigenvalue weighted by Gasteiger charge is 2.56. The van der Waals surface area contributed by atoms with Crippen LogP contribution in [0, 0.1) is 0 Å². The van der Waals surface area contributed by atoms with E-state index in [9.17, 15) is 10.0 Å². The van der Waals surface area contributed by atoms with E-state index in [1.807, 2.05) is 30.3 Å². The van der Waals surface area contributed by atoms with E-state index in [2.05, 4.69) is 88.9 Å². The van der Waals surface area contributed by atoms with Crippen LogP contribution in [0.15, 0.2) is 91.0 Å². The normalized spacial score (nSPS) is 20.1. The highest BCUT2D eigenvalue weighted by molar-refractivity contribution is 6.32. The van der Waals surface area contributed by atoms with Crippen LogP contribution >= 0.6 is 0 Å². The second kappa shape index (κ2) is 12.0. The van der Waals surface area contributed by atoms with Gasteiger partial charge in [0, 0.05) is 0 Å². The van der Waals surface area contributed by atoms with Gasteiger partial charge < -0.3 is 19.2 Å². The molecule has 0 radical (unpaired) electrons. The van der Waals surface area contributed by atoms with Gasteiger partial charge in [-0.15, -0.1) is 0 Å². The van der Waals surface area contributed by atoms with E-state index >= 15 is 0 Å². The van der Waals surface area contributed by atoms with E-state index in [0.717, 1.165) is 53.3 Å². The number of hydrogen-bond acceptors (Lipinski definition) is 3. The molecule has 0 aromatic heterocycles. The van der Waals surface area contributed by atoms with Crippen molar-refractivity contribution in [2.45, 2.75) is 49.5 Å². The van der Waals surface area contributed by atoms with Crippen LogP contribution < -0.4 is 0 Å². The van der Waals surface area contributed by atoms with Gasteiger partial charge in [-0.1, -0.05) is 117 Å². The number of hydrogen-bond donors (Lipinski definition) is 2. The van der Waals surface area contributed by atoms with Gasteiger partial charge >= 0.3 is 7.32 Å². The van der Waals surface area contributed by atoms with Gasteiger partial charge in [0.1, 0.15) is 0 Å². The smallest absolute Gasteiger partial charge is 0.402 e. The minimum absolute atomic E-state index is 0.555. The highest BCUT2D eigenvalue weighted by Crippen LogP contribution is 2.56. The second-order valence-corrected chi connectivity index (χ2v) is 10.9. The van der Waals surface area contributed by atoms with E-state index in [-0.39, 0.29) is 0 Å². The Labute approximate surface area is 212 Å². The van der Waals surface area contributed by atoms with Crippen molar-refractivity contribution in [3.05, 3.63) is 108 Å². The van der Waals surface area contributed by atoms with Gasteiger partial charge in [-0.25, -0.2) is 0 Å². The first-order chi connectivity index (χ1) is 16.7. The van der Waals surface area contributed by atoms with E-state index in [0.29, 0.717) is 6.42 Å². The zero-order chi connectivity index (χ0) is 25.4. The lowest BCUT2D eigenvalue weighted by Gasteiger charge is -2.53. The monoisotopic (exact) mass is 474 g/mol. The van der Waals surface area contributed by atoms with E-state index in [1.165, 1.54) is 0 Å². The first kappa shape index (κ1) is 27.2. The minimum atomic E-state index is -1.86. The zero-order valence-corrected chi connectivity index (χ0v) is 21.7. The molecule has 2 N–H and O–H groups in total. The molecule has 1 aliphatic carbocycles. The lowest BCUT2D eigenvalue weighted by atomic mass is 9.55. The summed E-state index contributed by atoms with van der Waals surface area (Å²) in [5, 5.41) is 20.3. The summed E-state index contributed by atoms with van der Waals surface area (Å²) < 4.78 is 7.24. The van der Waals surface area contributed by atoms with Gasteiger partial charge in [0.2, 0.25) is 0 Å². The molecule has 1 aliphatic rings. The van der Waals surface area contributed by atoms with Gasteiger partial charge in [0.25, 0.3) is 0 Å². The van der Waals surface area contributed by atoms with Crippen molar-refractivity contribution in [1.29, 1.82) is 0 Å². The molecule has 3 aromatic rings. The summed E-state index contributed by atoms with van der Waals surface area (Å²) in [6, 6.07) is 31.0. The molecular formula is C30H41BNO3+. The van der Waals surface area contributed by atoms with E-state index in [1.54, 1.807) is 0 Å². The summed E-state index contributed by atoms with van der Waals surface area (Å²) in [6.45, 7) is 0. The van der Waals surface area contributed by atoms with Crippen molar-refractivity contribution in [3.63, 3.8) is 0 Å². The Morgan fingerprint density at radius 2 is 0.971 bits per heavy atom. The molecule has 4 nitrogen and oxygen atoms in total. The van der Waals surface area contributed by atoms with Crippen molar-refractivity contribution in [3.8, 4) is 0 Å². The van der Waals surface area contributed by atoms with Crippen LogP contribution in [0.4, 0.5) is 0 Å².